The van der Waals surface area contributed by atoms with Crippen LogP contribution in [0, 0.1) is 53.3 Å². The standard InChI is InChI=1S/C36H64O6/c1-25(2)36(39)42-18-7-9-32-22-33(34-15-14-30(20-27(34)4)29-12-10-26(3)11-13-29)21-31(8-6-17-40-5)35(32)41-19-16-28(23-37)24-38/h26-35,37-38H,1,6-24H2,2-5H3. The first kappa shape index (κ1) is 35.5. The van der Waals surface area contributed by atoms with Gasteiger partial charge < -0.3 is 24.4 Å². The Labute approximate surface area is 257 Å². The van der Waals surface area contributed by atoms with E-state index in [0.717, 1.165) is 61.9 Å². The SMILES string of the molecule is C=C(C)C(=O)OCCCC1CC(C2CCC(C3CCC(C)CC3)CC2C)CC(CCCOC)C1OCCC(CO)CO. The number of carbonyl (C=O) groups excluding carboxylic acids is 1. The smallest absolute Gasteiger partial charge is 0.333 e. The predicted octanol–water partition coefficient (Wildman–Crippen LogP) is 7.21. The summed E-state index contributed by atoms with van der Waals surface area (Å²) < 4.78 is 17.6. The van der Waals surface area contributed by atoms with Crippen molar-refractivity contribution in [3.63, 3.8) is 0 Å². The molecule has 2 N–H and O–H groups in total. The highest BCUT2D eigenvalue weighted by Gasteiger charge is 2.44. The summed E-state index contributed by atoms with van der Waals surface area (Å²) in [5, 5.41) is 19.2. The molecule has 0 aromatic heterocycles. The highest BCUT2D eigenvalue weighted by molar-refractivity contribution is 5.86. The molecule has 3 aliphatic rings. The number of rotatable bonds is 17. The number of hydrogen-bond acceptors (Lipinski definition) is 6. The highest BCUT2D eigenvalue weighted by atomic mass is 16.5. The van der Waals surface area contributed by atoms with E-state index in [4.69, 9.17) is 14.2 Å². The summed E-state index contributed by atoms with van der Waals surface area (Å²) in [4.78, 5) is 12.0. The predicted molar refractivity (Wildman–Crippen MR) is 169 cm³/mol. The van der Waals surface area contributed by atoms with Gasteiger partial charge in [0.2, 0.25) is 0 Å². The Hall–Kier alpha value is -0.950. The van der Waals surface area contributed by atoms with Gasteiger partial charge in [-0.15, -0.1) is 0 Å². The van der Waals surface area contributed by atoms with Gasteiger partial charge >= 0.3 is 5.97 Å². The fourth-order valence-corrected chi connectivity index (χ4v) is 8.79. The van der Waals surface area contributed by atoms with Gasteiger partial charge in [-0.25, -0.2) is 4.79 Å². The average Bonchev–Trinajstić information content (AvgIpc) is 2.98. The van der Waals surface area contributed by atoms with Gasteiger partial charge in [-0.05, 0) is 131 Å². The second-order valence-corrected chi connectivity index (χ2v) is 14.5. The van der Waals surface area contributed by atoms with Crippen LogP contribution in [0.25, 0.3) is 0 Å². The molecule has 0 saturated heterocycles. The number of carbonyl (C=O) groups is 1. The first-order chi connectivity index (χ1) is 20.3. The third kappa shape index (κ3) is 10.9. The fourth-order valence-electron chi connectivity index (χ4n) is 8.79. The molecule has 3 aliphatic carbocycles. The average molecular weight is 593 g/mol. The summed E-state index contributed by atoms with van der Waals surface area (Å²) >= 11 is 0. The van der Waals surface area contributed by atoms with Gasteiger partial charge in [-0.2, -0.15) is 0 Å². The Kier molecular flexibility index (Phi) is 15.9. The maximum atomic E-state index is 12.0. The van der Waals surface area contributed by atoms with Crippen LogP contribution in [-0.2, 0) is 19.0 Å². The monoisotopic (exact) mass is 592 g/mol. The fraction of sp³-hybridized carbons (Fsp3) is 0.917. The topological polar surface area (TPSA) is 85.2 Å². The van der Waals surface area contributed by atoms with E-state index in [2.05, 4.69) is 20.4 Å². The summed E-state index contributed by atoms with van der Waals surface area (Å²) in [5.74, 6) is 5.53. The van der Waals surface area contributed by atoms with Crippen LogP contribution in [0.5, 0.6) is 0 Å². The lowest BCUT2D eigenvalue weighted by Crippen LogP contribution is -2.44. The van der Waals surface area contributed by atoms with Crippen LogP contribution in [-0.4, -0.2) is 62.4 Å². The molecule has 6 nitrogen and oxygen atoms in total. The molecule has 0 radical (unpaired) electrons. The van der Waals surface area contributed by atoms with Crippen molar-refractivity contribution in [1.82, 2.24) is 0 Å². The lowest BCUT2D eigenvalue weighted by Gasteiger charge is -2.49. The number of hydrogen-bond donors (Lipinski definition) is 2. The van der Waals surface area contributed by atoms with Crippen molar-refractivity contribution in [2.75, 3.05) is 40.1 Å². The minimum Gasteiger partial charge on any atom is -0.462 e. The van der Waals surface area contributed by atoms with Gasteiger partial charge in [0.05, 0.1) is 12.7 Å². The van der Waals surface area contributed by atoms with Crippen LogP contribution in [0.2, 0.25) is 0 Å². The van der Waals surface area contributed by atoms with Crippen LogP contribution >= 0.6 is 0 Å². The minimum absolute atomic E-state index is 0.0121. The summed E-state index contributed by atoms with van der Waals surface area (Å²) in [6.07, 6.45) is 17.1. The molecule has 244 valence electrons. The Morgan fingerprint density at radius 1 is 0.833 bits per heavy atom. The molecule has 0 aromatic rings. The van der Waals surface area contributed by atoms with Crippen molar-refractivity contribution in [2.45, 2.75) is 117 Å². The molecule has 42 heavy (non-hydrogen) atoms. The third-order valence-corrected chi connectivity index (χ3v) is 11.3. The number of methoxy groups -OCH3 is 1. The van der Waals surface area contributed by atoms with Gasteiger partial charge in [0.25, 0.3) is 0 Å². The van der Waals surface area contributed by atoms with E-state index < -0.39 is 0 Å². The van der Waals surface area contributed by atoms with Gasteiger partial charge in [0.1, 0.15) is 0 Å². The maximum absolute atomic E-state index is 12.0. The first-order valence-corrected chi connectivity index (χ1v) is 17.4. The highest BCUT2D eigenvalue weighted by Crippen LogP contribution is 2.51. The zero-order chi connectivity index (χ0) is 30.5. The molecule has 6 heteroatoms. The Morgan fingerprint density at radius 3 is 2.02 bits per heavy atom. The van der Waals surface area contributed by atoms with Gasteiger partial charge in [0, 0.05) is 45.0 Å². The molecule has 7 atom stereocenters. The Bertz CT molecular complexity index is 773. The van der Waals surface area contributed by atoms with E-state index in [-0.39, 0.29) is 31.2 Å². The summed E-state index contributed by atoms with van der Waals surface area (Å²) in [5.41, 5.74) is 0.446. The van der Waals surface area contributed by atoms with Crippen LogP contribution in [0.1, 0.15) is 111 Å². The van der Waals surface area contributed by atoms with Gasteiger partial charge in [-0.1, -0.05) is 33.3 Å². The van der Waals surface area contributed by atoms with Crippen LogP contribution in [0.4, 0.5) is 0 Å². The van der Waals surface area contributed by atoms with E-state index in [1.807, 2.05) is 0 Å². The zero-order valence-corrected chi connectivity index (χ0v) is 27.4. The molecule has 0 amide bonds. The molecule has 3 rings (SSSR count). The molecule has 3 saturated carbocycles. The molecular weight excluding hydrogens is 528 g/mol. The molecule has 0 heterocycles. The number of ether oxygens (including phenoxy) is 3. The summed E-state index contributed by atoms with van der Waals surface area (Å²) in [7, 11) is 1.78. The lowest BCUT2D eigenvalue weighted by atomic mass is 9.59. The van der Waals surface area contributed by atoms with E-state index in [0.29, 0.717) is 43.0 Å². The zero-order valence-electron chi connectivity index (χ0n) is 27.4. The van der Waals surface area contributed by atoms with E-state index in [9.17, 15) is 15.0 Å². The van der Waals surface area contributed by atoms with Crippen molar-refractivity contribution in [3.05, 3.63) is 12.2 Å². The first-order valence-electron chi connectivity index (χ1n) is 17.4. The van der Waals surface area contributed by atoms with Crippen molar-refractivity contribution in [1.29, 1.82) is 0 Å². The summed E-state index contributed by atoms with van der Waals surface area (Å²) in [6.45, 7) is 12.1. The summed E-state index contributed by atoms with van der Waals surface area (Å²) in [6, 6.07) is 0. The molecule has 0 bridgehead atoms. The molecular formula is C36H64O6. The van der Waals surface area contributed by atoms with Crippen molar-refractivity contribution < 1.29 is 29.2 Å². The van der Waals surface area contributed by atoms with E-state index in [1.54, 1.807) is 14.0 Å². The maximum Gasteiger partial charge on any atom is 0.333 e. The van der Waals surface area contributed by atoms with Crippen LogP contribution in [0.15, 0.2) is 12.2 Å². The molecule has 3 fully saturated rings. The van der Waals surface area contributed by atoms with Crippen molar-refractivity contribution >= 4 is 5.97 Å². The van der Waals surface area contributed by atoms with Gasteiger partial charge in [0.15, 0.2) is 0 Å². The van der Waals surface area contributed by atoms with Crippen molar-refractivity contribution in [2.24, 2.45) is 53.3 Å². The van der Waals surface area contributed by atoms with Gasteiger partial charge in [-0.3, -0.25) is 0 Å². The third-order valence-electron chi connectivity index (χ3n) is 11.3. The largest absolute Gasteiger partial charge is 0.462 e. The second kappa shape index (κ2) is 18.8. The minimum atomic E-state index is -0.307. The quantitative estimate of drug-likeness (QED) is 0.105. The van der Waals surface area contributed by atoms with Crippen molar-refractivity contribution in [3.8, 4) is 0 Å². The molecule has 0 aromatic carbocycles. The second-order valence-electron chi connectivity index (χ2n) is 14.5. The molecule has 0 spiro atoms. The van der Waals surface area contributed by atoms with E-state index in [1.165, 1.54) is 57.8 Å². The normalized spacial score (nSPS) is 33.9. The molecule has 7 unspecified atom stereocenters. The number of aliphatic hydroxyl groups excluding tert-OH is 2. The number of esters is 1. The Balaban J connectivity index is 1.68. The number of aliphatic hydroxyl groups is 2. The van der Waals surface area contributed by atoms with E-state index >= 15 is 0 Å². The van der Waals surface area contributed by atoms with Crippen LogP contribution in [0.3, 0.4) is 0 Å². The Morgan fingerprint density at radius 2 is 1.45 bits per heavy atom. The van der Waals surface area contributed by atoms with Crippen LogP contribution < -0.4 is 0 Å². The lowest BCUT2D eigenvalue weighted by molar-refractivity contribution is -0.139. The molecule has 0 aliphatic heterocycles.